The number of rotatable bonds is 8. The van der Waals surface area contributed by atoms with Crippen molar-refractivity contribution in [3.8, 4) is 17.3 Å². The number of guanidine groups is 1. The number of ether oxygens (including phenoxy) is 1. The summed E-state index contributed by atoms with van der Waals surface area (Å²) < 4.78 is 11.1. The molecule has 1 fully saturated rings. The van der Waals surface area contributed by atoms with Crippen LogP contribution in [0.4, 0.5) is 0 Å². The van der Waals surface area contributed by atoms with Gasteiger partial charge in [-0.15, -0.1) is 24.0 Å². The highest BCUT2D eigenvalue weighted by molar-refractivity contribution is 14.0. The number of benzene rings is 1. The number of hydrogen-bond acceptors (Lipinski definition) is 6. The summed E-state index contributed by atoms with van der Waals surface area (Å²) in [6.07, 6.45) is 2.34. The smallest absolute Gasteiger partial charge is 0.216 e. The highest BCUT2D eigenvalue weighted by Crippen LogP contribution is 2.14. The van der Waals surface area contributed by atoms with Crippen molar-refractivity contribution in [2.24, 2.45) is 4.99 Å². The van der Waals surface area contributed by atoms with Crippen LogP contribution in [0.15, 0.2) is 58.1 Å². The number of nitrogens with zero attached hydrogens (tertiary/aromatic N) is 5. The quantitative estimate of drug-likeness (QED) is 0.253. The average molecular weight is 551 g/mol. The van der Waals surface area contributed by atoms with E-state index in [-0.39, 0.29) is 24.0 Å². The maximum Gasteiger partial charge on any atom is 0.216 e. The summed E-state index contributed by atoms with van der Waals surface area (Å²) in [6.45, 7) is 6.23. The van der Waals surface area contributed by atoms with E-state index < -0.39 is 0 Å². The van der Waals surface area contributed by atoms with E-state index in [4.69, 9.17) is 9.15 Å². The van der Waals surface area contributed by atoms with Gasteiger partial charge >= 0.3 is 0 Å². The van der Waals surface area contributed by atoms with Crippen molar-refractivity contribution >= 4 is 29.9 Å². The molecule has 2 aromatic heterocycles. The largest absolute Gasteiger partial charge is 0.492 e. The number of hydrogen-bond donors (Lipinski definition) is 2. The Bertz CT molecular complexity index is 938. The van der Waals surface area contributed by atoms with Gasteiger partial charge in [-0.1, -0.05) is 18.2 Å². The zero-order chi connectivity index (χ0) is 21.3. The van der Waals surface area contributed by atoms with Gasteiger partial charge in [0.05, 0.1) is 6.26 Å². The summed E-state index contributed by atoms with van der Waals surface area (Å²) in [5, 5.41) is 10.6. The van der Waals surface area contributed by atoms with Crippen LogP contribution in [-0.4, -0.2) is 83.9 Å². The number of nitrogens with one attached hydrogen (secondary N) is 2. The van der Waals surface area contributed by atoms with Gasteiger partial charge in [0.25, 0.3) is 0 Å². The Morgan fingerprint density at radius 1 is 1.16 bits per heavy atom. The molecule has 4 rings (SSSR count). The molecular formula is C22H30IN7O2. The minimum atomic E-state index is 0. The molecule has 1 aliphatic heterocycles. The Morgan fingerprint density at radius 3 is 2.69 bits per heavy atom. The second-order valence-corrected chi connectivity index (χ2v) is 7.30. The third kappa shape index (κ3) is 6.70. The monoisotopic (exact) mass is 551 g/mol. The van der Waals surface area contributed by atoms with E-state index in [9.17, 15) is 0 Å². The molecule has 9 nitrogen and oxygen atoms in total. The normalized spacial score (nSPS) is 14.8. The Morgan fingerprint density at radius 2 is 1.97 bits per heavy atom. The second kappa shape index (κ2) is 12.4. The Kier molecular flexibility index (Phi) is 9.35. The van der Waals surface area contributed by atoms with Gasteiger partial charge in [0.1, 0.15) is 18.2 Å². The van der Waals surface area contributed by atoms with Crippen LogP contribution in [0.2, 0.25) is 0 Å². The lowest BCUT2D eigenvalue weighted by molar-refractivity contribution is 0.152. The molecule has 0 atom stereocenters. The van der Waals surface area contributed by atoms with Crippen LogP contribution in [0.25, 0.3) is 11.6 Å². The van der Waals surface area contributed by atoms with Crippen LogP contribution < -0.4 is 10.1 Å². The van der Waals surface area contributed by atoms with Crippen LogP contribution in [0.1, 0.15) is 5.82 Å². The summed E-state index contributed by atoms with van der Waals surface area (Å²) in [4.78, 5) is 13.6. The highest BCUT2D eigenvalue weighted by Gasteiger charge is 2.19. The van der Waals surface area contributed by atoms with Gasteiger partial charge in [-0.05, 0) is 24.3 Å². The number of para-hydroxylation sites is 1. The first-order valence-electron chi connectivity index (χ1n) is 10.6. The van der Waals surface area contributed by atoms with Gasteiger partial charge < -0.3 is 19.4 Å². The Labute approximate surface area is 205 Å². The SMILES string of the molecule is CN=C(NCCc1nc(-c2ccco2)n[nH]1)N1CCN(CCOc2ccccc2)CC1.I. The van der Waals surface area contributed by atoms with Crippen molar-refractivity contribution in [1.29, 1.82) is 0 Å². The number of piperazine rings is 1. The van der Waals surface area contributed by atoms with Crippen LogP contribution in [0.3, 0.4) is 0 Å². The predicted octanol–water partition coefficient (Wildman–Crippen LogP) is 2.50. The molecule has 3 aromatic rings. The van der Waals surface area contributed by atoms with E-state index in [2.05, 4.69) is 35.3 Å². The molecule has 1 aromatic carbocycles. The lowest BCUT2D eigenvalue weighted by Crippen LogP contribution is -2.53. The molecule has 0 spiro atoms. The minimum Gasteiger partial charge on any atom is -0.492 e. The molecule has 0 unspecified atom stereocenters. The fraction of sp³-hybridized carbons (Fsp3) is 0.409. The topological polar surface area (TPSA) is 94.8 Å². The molecule has 172 valence electrons. The van der Waals surface area contributed by atoms with Crippen LogP contribution in [0.5, 0.6) is 5.75 Å². The molecule has 1 saturated heterocycles. The first-order valence-corrected chi connectivity index (χ1v) is 10.6. The molecule has 0 saturated carbocycles. The molecule has 3 heterocycles. The third-order valence-electron chi connectivity index (χ3n) is 5.22. The predicted molar refractivity (Wildman–Crippen MR) is 135 cm³/mol. The van der Waals surface area contributed by atoms with Crippen molar-refractivity contribution in [3.63, 3.8) is 0 Å². The van der Waals surface area contributed by atoms with E-state index in [0.717, 1.165) is 63.2 Å². The first-order chi connectivity index (χ1) is 15.3. The van der Waals surface area contributed by atoms with Crippen LogP contribution in [-0.2, 0) is 6.42 Å². The van der Waals surface area contributed by atoms with Gasteiger partial charge in [0.2, 0.25) is 5.82 Å². The van der Waals surface area contributed by atoms with Crippen molar-refractivity contribution in [3.05, 3.63) is 54.6 Å². The third-order valence-corrected chi connectivity index (χ3v) is 5.22. The summed E-state index contributed by atoms with van der Waals surface area (Å²) >= 11 is 0. The molecule has 0 radical (unpaired) electrons. The molecule has 0 amide bonds. The van der Waals surface area contributed by atoms with Gasteiger partial charge in [-0.3, -0.25) is 15.0 Å². The Hall–Kier alpha value is -2.60. The minimum absolute atomic E-state index is 0. The zero-order valence-electron chi connectivity index (χ0n) is 18.2. The number of halogens is 1. The standard InChI is InChI=1S/C22H29N7O2.HI/c1-23-22(24-10-9-20-25-21(27-26-20)19-8-5-16-31-19)29-13-11-28(12-14-29)15-17-30-18-6-3-2-4-7-18;/h2-8,16H,9-15,17H2,1H3,(H,23,24)(H,25,26,27);1H. The molecule has 1 aliphatic rings. The maximum atomic E-state index is 5.81. The molecule has 10 heteroatoms. The average Bonchev–Trinajstić information content (AvgIpc) is 3.50. The van der Waals surface area contributed by atoms with E-state index in [1.54, 1.807) is 6.26 Å². The fourth-order valence-electron chi connectivity index (χ4n) is 3.54. The fourth-order valence-corrected chi connectivity index (χ4v) is 3.54. The number of aromatic amines is 1. The molecule has 0 bridgehead atoms. The van der Waals surface area contributed by atoms with Gasteiger partial charge in [0.15, 0.2) is 11.7 Å². The molecule has 2 N–H and O–H groups in total. The summed E-state index contributed by atoms with van der Waals surface area (Å²) in [6, 6.07) is 13.6. The van der Waals surface area contributed by atoms with Gasteiger partial charge in [0, 0.05) is 52.7 Å². The van der Waals surface area contributed by atoms with Crippen molar-refractivity contribution in [2.45, 2.75) is 6.42 Å². The van der Waals surface area contributed by atoms with Gasteiger partial charge in [-0.2, -0.15) is 5.10 Å². The maximum absolute atomic E-state index is 5.81. The van der Waals surface area contributed by atoms with E-state index in [1.165, 1.54) is 0 Å². The van der Waals surface area contributed by atoms with Gasteiger partial charge in [-0.25, -0.2) is 4.98 Å². The highest BCUT2D eigenvalue weighted by atomic mass is 127. The number of aliphatic imine (C=N–C) groups is 1. The second-order valence-electron chi connectivity index (χ2n) is 7.30. The number of H-pyrrole nitrogens is 1. The van der Waals surface area contributed by atoms with Crippen LogP contribution >= 0.6 is 24.0 Å². The van der Waals surface area contributed by atoms with Crippen molar-refractivity contribution in [1.82, 2.24) is 30.3 Å². The lowest BCUT2D eigenvalue weighted by atomic mass is 10.3. The Balaban J connectivity index is 0.00000289. The van der Waals surface area contributed by atoms with Crippen molar-refractivity contribution < 1.29 is 9.15 Å². The summed E-state index contributed by atoms with van der Waals surface area (Å²) in [5.74, 6) is 3.91. The number of aromatic nitrogens is 3. The lowest BCUT2D eigenvalue weighted by Gasteiger charge is -2.36. The van der Waals surface area contributed by atoms with E-state index in [0.29, 0.717) is 18.2 Å². The van der Waals surface area contributed by atoms with Crippen LogP contribution in [0, 0.1) is 0 Å². The molecule has 0 aliphatic carbocycles. The zero-order valence-corrected chi connectivity index (χ0v) is 20.6. The van der Waals surface area contributed by atoms with Crippen molar-refractivity contribution in [2.75, 3.05) is 52.9 Å². The number of furan rings is 1. The summed E-state index contributed by atoms with van der Waals surface area (Å²) in [7, 11) is 1.83. The first kappa shape index (κ1) is 24.1. The van der Waals surface area contributed by atoms with E-state index >= 15 is 0 Å². The molecular weight excluding hydrogens is 521 g/mol. The van der Waals surface area contributed by atoms with E-state index in [1.807, 2.05) is 49.5 Å². The summed E-state index contributed by atoms with van der Waals surface area (Å²) in [5.41, 5.74) is 0. The molecule has 32 heavy (non-hydrogen) atoms.